The predicted molar refractivity (Wildman–Crippen MR) is 136 cm³/mol. The van der Waals surface area contributed by atoms with Gasteiger partial charge < -0.3 is 15.4 Å². The van der Waals surface area contributed by atoms with E-state index in [2.05, 4.69) is 26.6 Å². The SMILES string of the molecule is CCOC(=O)c1ccc(NC(=O)/C(=C/C=C\c2ccccc2)NC(=O)c2ccccc2Br)cc1. The van der Waals surface area contributed by atoms with Crippen LogP contribution < -0.4 is 10.6 Å². The van der Waals surface area contributed by atoms with Gasteiger partial charge >= 0.3 is 5.97 Å². The molecule has 3 aromatic rings. The Balaban J connectivity index is 1.80. The average molecular weight is 519 g/mol. The van der Waals surface area contributed by atoms with E-state index in [1.165, 1.54) is 6.08 Å². The zero-order valence-corrected chi connectivity index (χ0v) is 20.0. The Labute approximate surface area is 206 Å². The van der Waals surface area contributed by atoms with E-state index in [-0.39, 0.29) is 12.3 Å². The van der Waals surface area contributed by atoms with Crippen LogP contribution in [0, 0.1) is 0 Å². The van der Waals surface area contributed by atoms with Crippen molar-refractivity contribution in [2.24, 2.45) is 0 Å². The average Bonchev–Trinajstić information content (AvgIpc) is 2.85. The zero-order valence-electron chi connectivity index (χ0n) is 18.5. The van der Waals surface area contributed by atoms with Crippen molar-refractivity contribution in [1.29, 1.82) is 0 Å². The molecule has 0 heterocycles. The van der Waals surface area contributed by atoms with Gasteiger partial charge in [0.2, 0.25) is 0 Å². The molecular weight excluding hydrogens is 496 g/mol. The molecule has 3 aromatic carbocycles. The summed E-state index contributed by atoms with van der Waals surface area (Å²) in [6, 6.07) is 22.8. The van der Waals surface area contributed by atoms with Gasteiger partial charge in [0, 0.05) is 10.2 Å². The third kappa shape index (κ3) is 7.02. The number of halogens is 1. The lowest BCUT2D eigenvalue weighted by Gasteiger charge is -2.12. The number of carbonyl (C=O) groups is 3. The van der Waals surface area contributed by atoms with Crippen molar-refractivity contribution in [3.8, 4) is 0 Å². The quantitative estimate of drug-likeness (QED) is 0.231. The molecule has 2 amide bonds. The molecule has 0 fully saturated rings. The van der Waals surface area contributed by atoms with Crippen LogP contribution >= 0.6 is 15.9 Å². The van der Waals surface area contributed by atoms with E-state index in [4.69, 9.17) is 4.74 Å². The molecule has 0 aromatic heterocycles. The van der Waals surface area contributed by atoms with Crippen LogP contribution in [0.2, 0.25) is 0 Å². The van der Waals surface area contributed by atoms with E-state index in [0.29, 0.717) is 21.3 Å². The maximum Gasteiger partial charge on any atom is 0.338 e. The summed E-state index contributed by atoms with van der Waals surface area (Å²) in [6.45, 7) is 2.01. The summed E-state index contributed by atoms with van der Waals surface area (Å²) in [5.74, 6) is -1.38. The topological polar surface area (TPSA) is 84.5 Å². The van der Waals surface area contributed by atoms with Crippen molar-refractivity contribution >= 4 is 45.5 Å². The van der Waals surface area contributed by atoms with Crippen molar-refractivity contribution in [3.05, 3.63) is 118 Å². The number of allylic oxidation sites excluding steroid dienone is 2. The molecule has 0 unspecified atom stereocenters. The molecule has 0 bridgehead atoms. The number of nitrogens with one attached hydrogen (secondary N) is 2. The predicted octanol–water partition coefficient (Wildman–Crippen LogP) is 5.59. The summed E-state index contributed by atoms with van der Waals surface area (Å²) in [5.41, 5.74) is 2.24. The summed E-state index contributed by atoms with van der Waals surface area (Å²) in [6.07, 6.45) is 5.05. The fraction of sp³-hybridized carbons (Fsp3) is 0.0741. The van der Waals surface area contributed by atoms with Gasteiger partial charge in [-0.3, -0.25) is 9.59 Å². The van der Waals surface area contributed by atoms with E-state index >= 15 is 0 Å². The molecule has 0 saturated heterocycles. The van der Waals surface area contributed by atoms with E-state index in [1.807, 2.05) is 36.4 Å². The number of amides is 2. The highest BCUT2D eigenvalue weighted by molar-refractivity contribution is 9.10. The zero-order chi connectivity index (χ0) is 24.3. The largest absolute Gasteiger partial charge is 0.462 e. The van der Waals surface area contributed by atoms with Gasteiger partial charge in [0.1, 0.15) is 5.70 Å². The lowest BCUT2D eigenvalue weighted by molar-refractivity contribution is -0.113. The molecule has 0 spiro atoms. The third-order valence-corrected chi connectivity index (χ3v) is 5.31. The fourth-order valence-electron chi connectivity index (χ4n) is 2.93. The van der Waals surface area contributed by atoms with Crippen molar-refractivity contribution in [2.45, 2.75) is 6.92 Å². The van der Waals surface area contributed by atoms with Crippen molar-refractivity contribution in [3.63, 3.8) is 0 Å². The van der Waals surface area contributed by atoms with Crippen molar-refractivity contribution in [2.75, 3.05) is 11.9 Å². The van der Waals surface area contributed by atoms with Gasteiger partial charge in [-0.15, -0.1) is 0 Å². The van der Waals surface area contributed by atoms with E-state index in [1.54, 1.807) is 61.5 Å². The standard InChI is InChI=1S/C27H23BrN2O4/c1-2-34-27(33)20-15-17-21(18-16-20)29-26(32)24(14-8-11-19-9-4-3-5-10-19)30-25(31)22-12-6-7-13-23(22)28/h3-18H,2H2,1H3,(H,29,32)(H,30,31)/b11-8-,24-14-. The van der Waals surface area contributed by atoms with Crippen LogP contribution in [0.15, 0.2) is 101 Å². The van der Waals surface area contributed by atoms with Crippen LogP contribution in [0.5, 0.6) is 0 Å². The Morgan fingerprint density at radius 3 is 2.26 bits per heavy atom. The number of ether oxygens (including phenoxy) is 1. The smallest absolute Gasteiger partial charge is 0.338 e. The Kier molecular flexibility index (Phi) is 8.94. The summed E-state index contributed by atoms with van der Waals surface area (Å²) < 4.78 is 5.58. The van der Waals surface area contributed by atoms with Gasteiger partial charge in [-0.25, -0.2) is 4.79 Å². The first-order chi connectivity index (χ1) is 16.5. The fourth-order valence-corrected chi connectivity index (χ4v) is 3.40. The van der Waals surface area contributed by atoms with Gasteiger partial charge in [-0.2, -0.15) is 0 Å². The molecule has 0 radical (unpaired) electrons. The Hall–Kier alpha value is -3.97. The van der Waals surface area contributed by atoms with Gasteiger partial charge in [0.25, 0.3) is 11.8 Å². The molecule has 172 valence electrons. The van der Waals surface area contributed by atoms with Crippen LogP contribution in [0.4, 0.5) is 5.69 Å². The molecule has 0 aliphatic heterocycles. The first kappa shape index (κ1) is 24.7. The van der Waals surface area contributed by atoms with Crippen LogP contribution in [-0.4, -0.2) is 24.4 Å². The number of esters is 1. The molecule has 7 heteroatoms. The number of hydrogen-bond acceptors (Lipinski definition) is 4. The maximum atomic E-state index is 13.0. The Morgan fingerprint density at radius 1 is 0.912 bits per heavy atom. The van der Waals surface area contributed by atoms with Gasteiger partial charge in [-0.05, 0) is 70.9 Å². The Morgan fingerprint density at radius 2 is 1.59 bits per heavy atom. The second-order valence-electron chi connectivity index (χ2n) is 7.04. The number of benzene rings is 3. The van der Waals surface area contributed by atoms with Crippen LogP contribution in [-0.2, 0) is 9.53 Å². The first-order valence-corrected chi connectivity index (χ1v) is 11.3. The second-order valence-corrected chi connectivity index (χ2v) is 7.89. The molecule has 6 nitrogen and oxygen atoms in total. The normalized spacial score (nSPS) is 11.2. The van der Waals surface area contributed by atoms with E-state index in [0.717, 1.165) is 5.56 Å². The minimum Gasteiger partial charge on any atom is -0.462 e. The highest BCUT2D eigenvalue weighted by atomic mass is 79.9. The van der Waals surface area contributed by atoms with Gasteiger partial charge in [0.05, 0.1) is 17.7 Å². The van der Waals surface area contributed by atoms with Gasteiger partial charge in [-0.1, -0.05) is 54.6 Å². The summed E-state index contributed by atoms with van der Waals surface area (Å²) in [5, 5.41) is 5.42. The number of carbonyl (C=O) groups excluding carboxylic acids is 3. The molecule has 0 aliphatic rings. The van der Waals surface area contributed by atoms with Crippen LogP contribution in [0.3, 0.4) is 0 Å². The van der Waals surface area contributed by atoms with Crippen molar-refractivity contribution in [1.82, 2.24) is 5.32 Å². The van der Waals surface area contributed by atoms with Crippen molar-refractivity contribution < 1.29 is 19.1 Å². The number of rotatable bonds is 8. The minimum absolute atomic E-state index is 0.0578. The summed E-state index contributed by atoms with van der Waals surface area (Å²) in [4.78, 5) is 37.6. The molecule has 34 heavy (non-hydrogen) atoms. The van der Waals surface area contributed by atoms with Crippen LogP contribution in [0.1, 0.15) is 33.2 Å². The summed E-state index contributed by atoms with van der Waals surface area (Å²) >= 11 is 3.36. The number of anilines is 1. The number of hydrogen-bond donors (Lipinski definition) is 2. The molecule has 0 atom stereocenters. The van der Waals surface area contributed by atoms with Crippen LogP contribution in [0.25, 0.3) is 6.08 Å². The minimum atomic E-state index is -0.512. The highest BCUT2D eigenvalue weighted by Gasteiger charge is 2.16. The third-order valence-electron chi connectivity index (χ3n) is 4.62. The molecule has 2 N–H and O–H groups in total. The highest BCUT2D eigenvalue weighted by Crippen LogP contribution is 2.17. The van der Waals surface area contributed by atoms with Gasteiger partial charge in [0.15, 0.2) is 0 Å². The molecular formula is C27H23BrN2O4. The second kappa shape index (κ2) is 12.3. The summed E-state index contributed by atoms with van der Waals surface area (Å²) in [7, 11) is 0. The monoisotopic (exact) mass is 518 g/mol. The molecule has 3 rings (SSSR count). The van der Waals surface area contributed by atoms with E-state index < -0.39 is 17.8 Å². The Bertz CT molecular complexity index is 1220. The first-order valence-electron chi connectivity index (χ1n) is 10.6. The van der Waals surface area contributed by atoms with E-state index in [9.17, 15) is 14.4 Å². The maximum absolute atomic E-state index is 13.0. The molecule has 0 saturated carbocycles. The lowest BCUT2D eigenvalue weighted by atomic mass is 10.2. The molecule has 0 aliphatic carbocycles. The lowest BCUT2D eigenvalue weighted by Crippen LogP contribution is -2.31.